The van der Waals surface area contributed by atoms with Gasteiger partial charge in [-0.25, -0.2) is 0 Å². The minimum absolute atomic E-state index is 0.112. The summed E-state index contributed by atoms with van der Waals surface area (Å²) in [6.07, 6.45) is 2.40. The molecule has 6 nitrogen and oxygen atoms in total. The lowest BCUT2D eigenvalue weighted by molar-refractivity contribution is 0.0622. The summed E-state index contributed by atoms with van der Waals surface area (Å²) in [4.78, 5) is 33.2. The Hall–Kier alpha value is -2.73. The molecule has 0 atom stereocenters. The lowest BCUT2D eigenvalue weighted by Crippen LogP contribution is -2.48. The van der Waals surface area contributed by atoms with Crippen molar-refractivity contribution in [3.63, 3.8) is 0 Å². The second kappa shape index (κ2) is 9.28. The highest BCUT2D eigenvalue weighted by molar-refractivity contribution is 5.98. The molecule has 0 radical (unpaired) electrons. The molecule has 0 aliphatic carbocycles. The van der Waals surface area contributed by atoms with E-state index in [1.807, 2.05) is 30.0 Å². The standard InChI is InChI=1S/C21H26N4O2/c1-2-9-23-20(26)18-8-10-22-19(15-18)21(27)25-13-11-24(12-14-25)16-17-6-4-3-5-7-17/h3-8,10,15H,2,9,11-14,16H2,1H3,(H,23,26). The van der Waals surface area contributed by atoms with E-state index < -0.39 is 0 Å². The Morgan fingerprint density at radius 3 is 2.52 bits per heavy atom. The number of amides is 2. The summed E-state index contributed by atoms with van der Waals surface area (Å²) >= 11 is 0. The number of hydrogen-bond acceptors (Lipinski definition) is 4. The van der Waals surface area contributed by atoms with Crippen LogP contribution in [-0.4, -0.2) is 59.3 Å². The molecule has 2 heterocycles. The summed E-state index contributed by atoms with van der Waals surface area (Å²) in [6.45, 7) is 6.51. The van der Waals surface area contributed by atoms with Gasteiger partial charge in [0.25, 0.3) is 11.8 Å². The van der Waals surface area contributed by atoms with Crippen LogP contribution in [0.4, 0.5) is 0 Å². The number of benzene rings is 1. The molecule has 0 unspecified atom stereocenters. The molecule has 6 heteroatoms. The fourth-order valence-corrected chi connectivity index (χ4v) is 3.14. The predicted octanol–water partition coefficient (Wildman–Crippen LogP) is 2.18. The van der Waals surface area contributed by atoms with Gasteiger partial charge in [-0.05, 0) is 24.1 Å². The molecule has 1 saturated heterocycles. The zero-order valence-corrected chi connectivity index (χ0v) is 15.7. The van der Waals surface area contributed by atoms with Gasteiger partial charge in [-0.2, -0.15) is 0 Å². The summed E-state index contributed by atoms with van der Waals surface area (Å²) in [5, 5.41) is 2.82. The van der Waals surface area contributed by atoms with Gasteiger partial charge in [0, 0.05) is 51.0 Å². The Balaban J connectivity index is 1.57. The number of hydrogen-bond donors (Lipinski definition) is 1. The average molecular weight is 366 g/mol. The normalized spacial score (nSPS) is 14.8. The number of pyridine rings is 1. The summed E-state index contributed by atoms with van der Waals surface area (Å²) in [7, 11) is 0. The first-order valence-electron chi connectivity index (χ1n) is 9.47. The van der Waals surface area contributed by atoms with Gasteiger partial charge in [0.1, 0.15) is 5.69 Å². The number of carbonyl (C=O) groups excluding carboxylic acids is 2. The Kier molecular flexibility index (Phi) is 6.54. The van der Waals surface area contributed by atoms with Crippen LogP contribution in [-0.2, 0) is 6.54 Å². The van der Waals surface area contributed by atoms with Crippen LogP contribution in [0.5, 0.6) is 0 Å². The van der Waals surface area contributed by atoms with Crippen molar-refractivity contribution < 1.29 is 9.59 Å². The van der Waals surface area contributed by atoms with Crippen molar-refractivity contribution in [3.8, 4) is 0 Å². The van der Waals surface area contributed by atoms with Gasteiger partial charge in [-0.3, -0.25) is 19.5 Å². The molecule has 1 N–H and O–H groups in total. The molecule has 1 aliphatic heterocycles. The van der Waals surface area contributed by atoms with E-state index in [0.29, 0.717) is 30.9 Å². The lowest BCUT2D eigenvalue weighted by Gasteiger charge is -2.34. The molecule has 1 aromatic heterocycles. The average Bonchev–Trinajstić information content (AvgIpc) is 2.73. The van der Waals surface area contributed by atoms with E-state index in [4.69, 9.17) is 0 Å². The molecule has 0 saturated carbocycles. The summed E-state index contributed by atoms with van der Waals surface area (Å²) in [6, 6.07) is 13.6. The van der Waals surface area contributed by atoms with Gasteiger partial charge >= 0.3 is 0 Å². The van der Waals surface area contributed by atoms with Crippen molar-refractivity contribution >= 4 is 11.8 Å². The monoisotopic (exact) mass is 366 g/mol. The van der Waals surface area contributed by atoms with Gasteiger partial charge in [0.2, 0.25) is 0 Å². The first-order chi connectivity index (χ1) is 13.2. The van der Waals surface area contributed by atoms with E-state index in [1.54, 1.807) is 12.1 Å². The molecule has 1 aromatic carbocycles. The molecular weight excluding hydrogens is 340 g/mol. The minimum atomic E-state index is -0.166. The van der Waals surface area contributed by atoms with Crippen LogP contribution >= 0.6 is 0 Å². The molecular formula is C21H26N4O2. The van der Waals surface area contributed by atoms with Gasteiger partial charge in [-0.1, -0.05) is 37.3 Å². The minimum Gasteiger partial charge on any atom is -0.352 e. The molecule has 2 aromatic rings. The second-order valence-corrected chi connectivity index (χ2v) is 6.74. The number of nitrogens with zero attached hydrogens (tertiary/aromatic N) is 3. The van der Waals surface area contributed by atoms with Crippen LogP contribution in [0.2, 0.25) is 0 Å². The molecule has 1 aliphatic rings. The highest BCUT2D eigenvalue weighted by Gasteiger charge is 2.23. The van der Waals surface area contributed by atoms with Crippen LogP contribution in [0.3, 0.4) is 0 Å². The molecule has 2 amide bonds. The second-order valence-electron chi connectivity index (χ2n) is 6.74. The first kappa shape index (κ1) is 19.0. The summed E-state index contributed by atoms with van der Waals surface area (Å²) in [5.74, 6) is -0.277. The highest BCUT2D eigenvalue weighted by Crippen LogP contribution is 2.12. The number of carbonyl (C=O) groups is 2. The fraction of sp³-hybridized carbons (Fsp3) is 0.381. The topological polar surface area (TPSA) is 65.5 Å². The molecule has 1 fully saturated rings. The Labute approximate surface area is 160 Å². The number of nitrogens with one attached hydrogen (secondary N) is 1. The largest absolute Gasteiger partial charge is 0.352 e. The van der Waals surface area contributed by atoms with Gasteiger partial charge in [0.05, 0.1) is 0 Å². The van der Waals surface area contributed by atoms with Crippen molar-refractivity contribution in [1.82, 2.24) is 20.1 Å². The highest BCUT2D eigenvalue weighted by atomic mass is 16.2. The van der Waals surface area contributed by atoms with Gasteiger partial charge < -0.3 is 10.2 Å². The molecule has 0 spiro atoms. The molecule has 0 bridgehead atoms. The van der Waals surface area contributed by atoms with E-state index in [9.17, 15) is 9.59 Å². The first-order valence-corrected chi connectivity index (χ1v) is 9.47. The van der Waals surface area contributed by atoms with E-state index in [1.165, 1.54) is 11.8 Å². The van der Waals surface area contributed by atoms with Crippen LogP contribution in [0.1, 0.15) is 39.8 Å². The van der Waals surface area contributed by atoms with E-state index in [-0.39, 0.29) is 11.8 Å². The smallest absolute Gasteiger partial charge is 0.272 e. The van der Waals surface area contributed by atoms with Crippen LogP contribution in [0, 0.1) is 0 Å². The molecule has 3 rings (SSSR count). The zero-order chi connectivity index (χ0) is 19.1. The summed E-state index contributed by atoms with van der Waals surface area (Å²) in [5.41, 5.74) is 2.09. The van der Waals surface area contributed by atoms with E-state index >= 15 is 0 Å². The fourth-order valence-electron chi connectivity index (χ4n) is 3.14. The molecule has 27 heavy (non-hydrogen) atoms. The Bertz CT molecular complexity index is 771. The number of rotatable bonds is 6. The van der Waals surface area contributed by atoms with Gasteiger partial charge in [-0.15, -0.1) is 0 Å². The lowest BCUT2D eigenvalue weighted by atomic mass is 10.1. The molecule has 142 valence electrons. The van der Waals surface area contributed by atoms with Crippen LogP contribution in [0.15, 0.2) is 48.7 Å². The van der Waals surface area contributed by atoms with Crippen molar-refractivity contribution in [2.75, 3.05) is 32.7 Å². The van der Waals surface area contributed by atoms with Crippen molar-refractivity contribution in [2.45, 2.75) is 19.9 Å². The number of piperazine rings is 1. The van der Waals surface area contributed by atoms with E-state index in [0.717, 1.165) is 26.1 Å². The Morgan fingerprint density at radius 1 is 1.07 bits per heavy atom. The van der Waals surface area contributed by atoms with Crippen molar-refractivity contribution in [1.29, 1.82) is 0 Å². The zero-order valence-electron chi connectivity index (χ0n) is 15.7. The number of aromatic nitrogens is 1. The quantitative estimate of drug-likeness (QED) is 0.851. The predicted molar refractivity (Wildman–Crippen MR) is 104 cm³/mol. The van der Waals surface area contributed by atoms with Crippen molar-refractivity contribution in [2.24, 2.45) is 0 Å². The third-order valence-corrected chi connectivity index (χ3v) is 4.69. The van der Waals surface area contributed by atoms with Crippen molar-refractivity contribution in [3.05, 3.63) is 65.5 Å². The summed E-state index contributed by atoms with van der Waals surface area (Å²) < 4.78 is 0. The Morgan fingerprint density at radius 2 is 1.81 bits per heavy atom. The third kappa shape index (κ3) is 5.14. The van der Waals surface area contributed by atoms with E-state index in [2.05, 4.69) is 27.3 Å². The van der Waals surface area contributed by atoms with Crippen LogP contribution in [0.25, 0.3) is 0 Å². The maximum absolute atomic E-state index is 12.8. The van der Waals surface area contributed by atoms with Crippen LogP contribution < -0.4 is 5.32 Å². The third-order valence-electron chi connectivity index (χ3n) is 4.69. The maximum Gasteiger partial charge on any atom is 0.272 e. The van der Waals surface area contributed by atoms with Gasteiger partial charge in [0.15, 0.2) is 0 Å². The SMILES string of the molecule is CCCNC(=O)c1ccnc(C(=O)N2CCN(Cc3ccccc3)CC2)c1. The maximum atomic E-state index is 12.8.